The molecule has 8 heteroatoms. The summed E-state index contributed by atoms with van der Waals surface area (Å²) in [5.74, 6) is 1.39. The molecular weight excluding hydrogens is 380 g/mol. The molecule has 0 bridgehead atoms. The highest BCUT2D eigenvalue weighted by Crippen LogP contribution is 2.31. The van der Waals surface area contributed by atoms with Gasteiger partial charge in [-0.3, -0.25) is 0 Å². The number of sulfone groups is 1. The van der Waals surface area contributed by atoms with Crippen LogP contribution < -0.4 is 14.8 Å². The maximum atomic E-state index is 12.5. The minimum atomic E-state index is -3.23. The fourth-order valence-corrected chi connectivity index (χ4v) is 3.53. The Kier molecular flexibility index (Phi) is 6.08. The van der Waals surface area contributed by atoms with Gasteiger partial charge in [-0.25, -0.2) is 13.2 Å². The van der Waals surface area contributed by atoms with Crippen LogP contribution >= 0.6 is 0 Å². The van der Waals surface area contributed by atoms with E-state index in [1.807, 2.05) is 31.2 Å². The van der Waals surface area contributed by atoms with E-state index in [4.69, 9.17) is 9.47 Å². The normalized spacial score (nSPS) is 15.7. The highest BCUT2D eigenvalue weighted by molar-refractivity contribution is 7.90. The number of likely N-dealkylation sites (N-methyl/N-ethyl adjacent to an activating group) is 1. The molecule has 7 nitrogen and oxygen atoms in total. The first-order valence-electron chi connectivity index (χ1n) is 9.07. The Labute approximate surface area is 165 Å². The average Bonchev–Trinajstić information content (AvgIpc) is 2.69. The number of hydrogen-bond donors (Lipinski definition) is 1. The number of rotatable bonds is 6. The molecule has 3 rings (SSSR count). The third-order valence-corrected chi connectivity index (χ3v) is 5.58. The topological polar surface area (TPSA) is 84.9 Å². The van der Waals surface area contributed by atoms with Crippen LogP contribution in [0.25, 0.3) is 0 Å². The van der Waals surface area contributed by atoms with E-state index >= 15 is 0 Å². The molecular formula is C20H24N2O5S. The third kappa shape index (κ3) is 4.95. The summed E-state index contributed by atoms with van der Waals surface area (Å²) in [5, 5.41) is 2.86. The molecule has 0 spiro atoms. The Bertz CT molecular complexity index is 928. The second-order valence-electron chi connectivity index (χ2n) is 6.61. The van der Waals surface area contributed by atoms with Crippen LogP contribution in [0.3, 0.4) is 0 Å². The monoisotopic (exact) mass is 404 g/mol. The predicted molar refractivity (Wildman–Crippen MR) is 105 cm³/mol. The molecule has 150 valence electrons. The molecule has 0 aliphatic carbocycles. The number of fused-ring (bicyclic) bond motifs is 1. The first-order chi connectivity index (χ1) is 13.4. The van der Waals surface area contributed by atoms with Gasteiger partial charge < -0.3 is 19.7 Å². The Balaban J connectivity index is 1.54. The maximum Gasteiger partial charge on any atom is 0.317 e. The van der Waals surface area contributed by atoms with Crippen LogP contribution in [0.15, 0.2) is 53.4 Å². The summed E-state index contributed by atoms with van der Waals surface area (Å²) in [7, 11) is -3.23. The molecule has 1 heterocycles. The van der Waals surface area contributed by atoms with Gasteiger partial charge in [-0.05, 0) is 36.8 Å². The molecule has 0 aromatic heterocycles. The number of ether oxygens (including phenoxy) is 2. The smallest absolute Gasteiger partial charge is 0.317 e. The largest absolute Gasteiger partial charge is 0.486 e. The lowest BCUT2D eigenvalue weighted by Crippen LogP contribution is -2.47. The number of carbonyl (C=O) groups excluding carboxylic acids is 1. The standard InChI is InChI=1S/C20H24N2O5S/c1-3-22(13-16-14-26-18-6-4-5-7-19(18)27-16)20(23)21-12-15-8-10-17(11-9-15)28(2,24)25/h4-11,16H,3,12-14H2,1-2H3,(H,21,23). The molecule has 28 heavy (non-hydrogen) atoms. The van der Waals surface area contributed by atoms with E-state index in [1.54, 1.807) is 29.2 Å². The van der Waals surface area contributed by atoms with Crippen LogP contribution in [0.1, 0.15) is 12.5 Å². The van der Waals surface area contributed by atoms with Crippen LogP contribution in [-0.2, 0) is 16.4 Å². The highest BCUT2D eigenvalue weighted by Gasteiger charge is 2.24. The van der Waals surface area contributed by atoms with Gasteiger partial charge in [0.05, 0.1) is 11.4 Å². The fraction of sp³-hybridized carbons (Fsp3) is 0.350. The van der Waals surface area contributed by atoms with Crippen molar-refractivity contribution < 1.29 is 22.7 Å². The molecule has 2 aromatic carbocycles. The van der Waals surface area contributed by atoms with Gasteiger partial charge in [-0.2, -0.15) is 0 Å². The van der Waals surface area contributed by atoms with Crippen molar-refractivity contribution in [2.75, 3.05) is 26.0 Å². The van der Waals surface area contributed by atoms with Gasteiger partial charge in [0, 0.05) is 19.3 Å². The molecule has 2 amide bonds. The summed E-state index contributed by atoms with van der Waals surface area (Å²) >= 11 is 0. The molecule has 2 aromatic rings. The molecule has 1 aliphatic rings. The summed E-state index contributed by atoms with van der Waals surface area (Å²) in [5.41, 5.74) is 0.822. The van der Waals surface area contributed by atoms with Crippen molar-refractivity contribution in [3.63, 3.8) is 0 Å². The first-order valence-corrected chi connectivity index (χ1v) is 11.0. The number of benzene rings is 2. The van der Waals surface area contributed by atoms with Gasteiger partial charge in [-0.1, -0.05) is 24.3 Å². The van der Waals surface area contributed by atoms with Crippen LogP contribution in [0.5, 0.6) is 11.5 Å². The van der Waals surface area contributed by atoms with Gasteiger partial charge >= 0.3 is 6.03 Å². The van der Waals surface area contributed by atoms with Gasteiger partial charge in [0.25, 0.3) is 0 Å². The summed E-state index contributed by atoms with van der Waals surface area (Å²) in [6, 6.07) is 13.7. The molecule has 0 saturated heterocycles. The minimum absolute atomic E-state index is 0.211. The molecule has 0 radical (unpaired) electrons. The Morgan fingerprint density at radius 1 is 1.14 bits per heavy atom. The SMILES string of the molecule is CCN(CC1COc2ccccc2O1)C(=O)NCc1ccc(S(C)(=O)=O)cc1. The van der Waals surface area contributed by atoms with Crippen LogP contribution in [0.2, 0.25) is 0 Å². The molecule has 1 unspecified atom stereocenters. The zero-order valence-electron chi connectivity index (χ0n) is 15.9. The number of nitrogens with one attached hydrogen (secondary N) is 1. The molecule has 1 aliphatic heterocycles. The highest BCUT2D eigenvalue weighted by atomic mass is 32.2. The van der Waals surface area contributed by atoms with Crippen LogP contribution in [0.4, 0.5) is 4.79 Å². The number of urea groups is 1. The van der Waals surface area contributed by atoms with E-state index in [-0.39, 0.29) is 17.0 Å². The van der Waals surface area contributed by atoms with Gasteiger partial charge in [0.15, 0.2) is 27.4 Å². The second-order valence-corrected chi connectivity index (χ2v) is 8.63. The van der Waals surface area contributed by atoms with Crippen molar-refractivity contribution in [1.82, 2.24) is 10.2 Å². The number of nitrogens with zero attached hydrogens (tertiary/aromatic N) is 1. The fourth-order valence-electron chi connectivity index (χ4n) is 2.90. The summed E-state index contributed by atoms with van der Waals surface area (Å²) in [6.45, 7) is 3.53. The van der Waals surface area contributed by atoms with Gasteiger partial charge in [-0.15, -0.1) is 0 Å². The van der Waals surface area contributed by atoms with Crippen molar-refractivity contribution in [3.8, 4) is 11.5 Å². The lowest BCUT2D eigenvalue weighted by molar-refractivity contribution is 0.0675. The number of para-hydroxylation sites is 2. The minimum Gasteiger partial charge on any atom is -0.486 e. The quantitative estimate of drug-likeness (QED) is 0.799. The summed E-state index contributed by atoms with van der Waals surface area (Å²) in [4.78, 5) is 14.4. The van der Waals surface area contributed by atoms with Gasteiger partial charge in [0.1, 0.15) is 6.61 Å². The number of carbonyl (C=O) groups is 1. The molecule has 1 N–H and O–H groups in total. The van der Waals surface area contributed by atoms with E-state index in [1.165, 1.54) is 6.26 Å². The zero-order chi connectivity index (χ0) is 20.1. The average molecular weight is 404 g/mol. The lowest BCUT2D eigenvalue weighted by Gasteiger charge is -2.31. The van der Waals surface area contributed by atoms with E-state index < -0.39 is 9.84 Å². The van der Waals surface area contributed by atoms with Crippen molar-refractivity contribution in [2.45, 2.75) is 24.5 Å². The van der Waals surface area contributed by atoms with Crippen molar-refractivity contribution in [3.05, 3.63) is 54.1 Å². The molecule has 0 fully saturated rings. The van der Waals surface area contributed by atoms with Gasteiger partial charge in [0.2, 0.25) is 0 Å². The number of hydrogen-bond acceptors (Lipinski definition) is 5. The van der Waals surface area contributed by atoms with E-state index in [0.29, 0.717) is 37.7 Å². The van der Waals surface area contributed by atoms with Crippen molar-refractivity contribution >= 4 is 15.9 Å². The second kappa shape index (κ2) is 8.52. The summed E-state index contributed by atoms with van der Waals surface area (Å²) in [6.07, 6.45) is 0.924. The first kappa shape index (κ1) is 20.0. The maximum absolute atomic E-state index is 12.5. The Morgan fingerprint density at radius 2 is 1.82 bits per heavy atom. The van der Waals surface area contributed by atoms with Crippen LogP contribution in [-0.4, -0.2) is 51.4 Å². The van der Waals surface area contributed by atoms with Crippen LogP contribution in [0, 0.1) is 0 Å². The molecule has 1 atom stereocenters. The molecule has 0 saturated carbocycles. The van der Waals surface area contributed by atoms with Crippen molar-refractivity contribution in [1.29, 1.82) is 0 Å². The van der Waals surface area contributed by atoms with E-state index in [2.05, 4.69) is 5.32 Å². The zero-order valence-corrected chi connectivity index (χ0v) is 16.7. The predicted octanol–water partition coefficient (Wildman–Crippen LogP) is 2.46. The Morgan fingerprint density at radius 3 is 2.46 bits per heavy atom. The van der Waals surface area contributed by atoms with E-state index in [9.17, 15) is 13.2 Å². The Hall–Kier alpha value is -2.74. The van der Waals surface area contributed by atoms with Crippen molar-refractivity contribution in [2.24, 2.45) is 0 Å². The third-order valence-electron chi connectivity index (χ3n) is 4.46. The number of amides is 2. The summed E-state index contributed by atoms with van der Waals surface area (Å²) < 4.78 is 34.6. The van der Waals surface area contributed by atoms with E-state index in [0.717, 1.165) is 5.56 Å². The lowest BCUT2D eigenvalue weighted by atomic mass is 10.2.